The molecule has 0 atom stereocenters. The maximum Gasteiger partial charge on any atom is 0.263 e. The number of aryl methyl sites for hydroxylation is 1. The second-order valence-electron chi connectivity index (χ2n) is 5.80. The van der Waals surface area contributed by atoms with Gasteiger partial charge >= 0.3 is 0 Å². The molecule has 1 aromatic heterocycles. The fourth-order valence-corrected chi connectivity index (χ4v) is 3.30. The van der Waals surface area contributed by atoms with Crippen molar-refractivity contribution >= 4 is 17.2 Å². The predicted molar refractivity (Wildman–Crippen MR) is 102 cm³/mol. The van der Waals surface area contributed by atoms with Crippen LogP contribution in [-0.4, -0.2) is 18.0 Å². The highest BCUT2D eigenvalue weighted by molar-refractivity contribution is 7.13. The highest BCUT2D eigenvalue weighted by atomic mass is 32.1. The molecule has 0 aliphatic rings. The third-order valence-electron chi connectivity index (χ3n) is 3.84. The molecule has 2 aromatic carbocycles. The van der Waals surface area contributed by atoms with Crippen LogP contribution >= 0.6 is 11.3 Å². The van der Waals surface area contributed by atoms with E-state index in [0.29, 0.717) is 27.9 Å². The molecule has 0 spiro atoms. The van der Waals surface area contributed by atoms with E-state index in [1.807, 2.05) is 24.3 Å². The number of nitrogens with one attached hydrogen (secondary N) is 1. The number of halogens is 1. The molecule has 1 heterocycles. The van der Waals surface area contributed by atoms with Crippen molar-refractivity contribution < 1.29 is 18.7 Å². The van der Waals surface area contributed by atoms with E-state index in [0.717, 1.165) is 11.3 Å². The van der Waals surface area contributed by atoms with Gasteiger partial charge in [-0.25, -0.2) is 9.37 Å². The zero-order valence-electron chi connectivity index (χ0n) is 15.0. The lowest BCUT2D eigenvalue weighted by atomic mass is 10.2. The van der Waals surface area contributed by atoms with Crippen LogP contribution in [0.3, 0.4) is 0 Å². The second-order valence-corrected chi connectivity index (χ2v) is 6.88. The molecule has 1 amide bonds. The average molecular weight is 386 g/mol. The van der Waals surface area contributed by atoms with Crippen LogP contribution in [0.15, 0.2) is 48.5 Å². The molecular formula is C20H19FN2O3S. The van der Waals surface area contributed by atoms with Gasteiger partial charge < -0.3 is 14.8 Å². The maximum absolute atomic E-state index is 12.9. The molecule has 0 saturated carbocycles. The minimum atomic E-state index is -0.316. The van der Waals surface area contributed by atoms with E-state index < -0.39 is 0 Å². The van der Waals surface area contributed by atoms with Crippen molar-refractivity contribution in [2.75, 3.05) is 7.11 Å². The smallest absolute Gasteiger partial charge is 0.263 e. The Morgan fingerprint density at radius 1 is 1.11 bits per heavy atom. The number of aromatic nitrogens is 1. The third kappa shape index (κ3) is 5.04. The highest BCUT2D eigenvalue weighted by Gasteiger charge is 2.15. The number of ether oxygens (including phenoxy) is 2. The zero-order chi connectivity index (χ0) is 19.2. The number of amides is 1. The van der Waals surface area contributed by atoms with E-state index in [4.69, 9.17) is 9.47 Å². The zero-order valence-corrected chi connectivity index (χ0v) is 15.8. The number of benzene rings is 2. The molecule has 0 unspecified atom stereocenters. The number of hydrogen-bond acceptors (Lipinski definition) is 5. The maximum atomic E-state index is 12.9. The Balaban J connectivity index is 1.57. The Labute approximate surface area is 160 Å². The fraction of sp³-hybridized carbons (Fsp3) is 0.200. The molecule has 0 fully saturated rings. The molecular weight excluding hydrogens is 367 g/mol. The summed E-state index contributed by atoms with van der Waals surface area (Å²) in [6.07, 6.45) is 0. The summed E-state index contributed by atoms with van der Waals surface area (Å²) >= 11 is 1.29. The molecule has 1 N–H and O–H groups in total. The predicted octanol–water partition coefficient (Wildman–Crippen LogP) is 4.11. The molecule has 0 saturated heterocycles. The molecule has 140 valence electrons. The van der Waals surface area contributed by atoms with Gasteiger partial charge in [0.15, 0.2) is 0 Å². The Kier molecular flexibility index (Phi) is 6.03. The van der Waals surface area contributed by atoms with Gasteiger partial charge in [-0.15, -0.1) is 11.3 Å². The first-order valence-corrected chi connectivity index (χ1v) is 9.12. The number of thiazole rings is 1. The lowest BCUT2D eigenvalue weighted by Gasteiger charge is -2.05. The summed E-state index contributed by atoms with van der Waals surface area (Å²) in [4.78, 5) is 17.4. The topological polar surface area (TPSA) is 60.5 Å². The summed E-state index contributed by atoms with van der Waals surface area (Å²) in [5.41, 5.74) is 1.64. The van der Waals surface area contributed by atoms with Gasteiger partial charge in [0.2, 0.25) is 0 Å². The van der Waals surface area contributed by atoms with E-state index in [9.17, 15) is 9.18 Å². The van der Waals surface area contributed by atoms with Crippen molar-refractivity contribution in [1.29, 1.82) is 0 Å². The number of methoxy groups -OCH3 is 1. The quantitative estimate of drug-likeness (QED) is 0.664. The monoisotopic (exact) mass is 386 g/mol. The molecule has 0 bridgehead atoms. The van der Waals surface area contributed by atoms with Gasteiger partial charge in [-0.2, -0.15) is 0 Å². The first-order chi connectivity index (χ1) is 13.0. The first-order valence-electron chi connectivity index (χ1n) is 8.31. The number of rotatable bonds is 7. The van der Waals surface area contributed by atoms with Crippen LogP contribution in [0.5, 0.6) is 11.5 Å². The SMILES string of the molecule is COc1ccc(CNC(=O)c2sc(COc3ccc(F)cc3)nc2C)cc1. The molecule has 7 heteroatoms. The van der Waals surface area contributed by atoms with Crippen LogP contribution in [0.2, 0.25) is 0 Å². The first kappa shape index (κ1) is 18.8. The van der Waals surface area contributed by atoms with Gasteiger partial charge in [0.1, 0.15) is 33.8 Å². The summed E-state index contributed by atoms with van der Waals surface area (Å²) in [5.74, 6) is 0.834. The Hall–Kier alpha value is -2.93. The van der Waals surface area contributed by atoms with Crippen molar-refractivity contribution in [3.63, 3.8) is 0 Å². The van der Waals surface area contributed by atoms with Gasteiger partial charge in [0, 0.05) is 6.54 Å². The van der Waals surface area contributed by atoms with Gasteiger partial charge in [-0.05, 0) is 48.9 Å². The fourth-order valence-electron chi connectivity index (χ4n) is 2.41. The van der Waals surface area contributed by atoms with Crippen LogP contribution in [-0.2, 0) is 13.2 Å². The molecule has 27 heavy (non-hydrogen) atoms. The molecule has 5 nitrogen and oxygen atoms in total. The standard InChI is InChI=1S/C20H19FN2O3S/c1-13-19(20(24)22-11-14-3-7-16(25-2)8-4-14)27-18(23-13)12-26-17-9-5-15(21)6-10-17/h3-10H,11-12H2,1-2H3,(H,22,24). The van der Waals surface area contributed by atoms with Gasteiger partial charge in [-0.3, -0.25) is 4.79 Å². The van der Waals surface area contributed by atoms with Crippen molar-refractivity contribution in [3.05, 3.63) is 75.5 Å². The van der Waals surface area contributed by atoms with Gasteiger partial charge in [0.25, 0.3) is 5.91 Å². The molecule has 3 rings (SSSR count). The minimum absolute atomic E-state index is 0.172. The summed E-state index contributed by atoms with van der Waals surface area (Å²) < 4.78 is 23.6. The summed E-state index contributed by atoms with van der Waals surface area (Å²) in [7, 11) is 1.61. The lowest BCUT2D eigenvalue weighted by Crippen LogP contribution is -2.22. The van der Waals surface area contributed by atoms with Crippen molar-refractivity contribution in [2.24, 2.45) is 0 Å². The minimum Gasteiger partial charge on any atom is -0.497 e. The molecule has 0 aliphatic heterocycles. The molecule has 3 aromatic rings. The van der Waals surface area contributed by atoms with Crippen LogP contribution in [0.25, 0.3) is 0 Å². The molecule has 0 aliphatic carbocycles. The van der Waals surface area contributed by atoms with E-state index in [1.165, 1.54) is 23.5 Å². The number of hydrogen-bond donors (Lipinski definition) is 1. The van der Waals surface area contributed by atoms with E-state index >= 15 is 0 Å². The highest BCUT2D eigenvalue weighted by Crippen LogP contribution is 2.21. The van der Waals surface area contributed by atoms with Crippen molar-refractivity contribution in [3.8, 4) is 11.5 Å². The normalized spacial score (nSPS) is 10.5. The third-order valence-corrected chi connectivity index (χ3v) is 4.96. The Morgan fingerprint density at radius 3 is 2.44 bits per heavy atom. The Bertz CT molecular complexity index is 908. The Morgan fingerprint density at radius 2 is 1.78 bits per heavy atom. The van der Waals surface area contributed by atoms with Gasteiger partial charge in [-0.1, -0.05) is 12.1 Å². The number of carbonyl (C=O) groups excluding carboxylic acids is 1. The lowest BCUT2D eigenvalue weighted by molar-refractivity contribution is 0.0954. The van der Waals surface area contributed by atoms with Crippen molar-refractivity contribution in [1.82, 2.24) is 10.3 Å². The largest absolute Gasteiger partial charge is 0.497 e. The number of carbonyl (C=O) groups is 1. The van der Waals surface area contributed by atoms with Crippen molar-refractivity contribution in [2.45, 2.75) is 20.1 Å². The van der Waals surface area contributed by atoms with Crippen LogP contribution < -0.4 is 14.8 Å². The van der Waals surface area contributed by atoms with E-state index in [1.54, 1.807) is 26.2 Å². The molecule has 0 radical (unpaired) electrons. The second kappa shape index (κ2) is 8.64. The van der Waals surface area contributed by atoms with Gasteiger partial charge in [0.05, 0.1) is 12.8 Å². The van der Waals surface area contributed by atoms with E-state index in [-0.39, 0.29) is 18.3 Å². The summed E-state index contributed by atoms with van der Waals surface area (Å²) in [6.45, 7) is 2.44. The summed E-state index contributed by atoms with van der Waals surface area (Å²) in [5, 5.41) is 3.58. The number of nitrogens with zero attached hydrogens (tertiary/aromatic N) is 1. The summed E-state index contributed by atoms with van der Waals surface area (Å²) in [6, 6.07) is 13.3. The van der Waals surface area contributed by atoms with Crippen LogP contribution in [0, 0.1) is 12.7 Å². The van der Waals surface area contributed by atoms with Crippen LogP contribution in [0.4, 0.5) is 4.39 Å². The van der Waals surface area contributed by atoms with E-state index in [2.05, 4.69) is 10.3 Å². The van der Waals surface area contributed by atoms with Crippen LogP contribution in [0.1, 0.15) is 25.9 Å². The average Bonchev–Trinajstić information content (AvgIpc) is 3.07.